The third-order valence-corrected chi connectivity index (χ3v) is 6.20. The van der Waals surface area contributed by atoms with Crippen LogP contribution in [0.4, 0.5) is 10.2 Å². The number of ether oxygens (including phenoxy) is 1. The Morgan fingerprint density at radius 3 is 2.68 bits per heavy atom. The zero-order valence-corrected chi connectivity index (χ0v) is 17.7. The van der Waals surface area contributed by atoms with Crippen LogP contribution in [0.1, 0.15) is 36.9 Å². The monoisotopic (exact) mass is 423 g/mol. The summed E-state index contributed by atoms with van der Waals surface area (Å²) < 4.78 is 18.7. The number of amides is 1. The largest absolute Gasteiger partial charge is 0.496 e. The van der Waals surface area contributed by atoms with Gasteiger partial charge >= 0.3 is 0 Å². The Balaban J connectivity index is 1.36. The summed E-state index contributed by atoms with van der Waals surface area (Å²) >= 11 is 0. The van der Waals surface area contributed by atoms with Crippen LogP contribution in [0.25, 0.3) is 0 Å². The number of pyridine rings is 1. The molecule has 3 heterocycles. The summed E-state index contributed by atoms with van der Waals surface area (Å²) in [5.41, 5.74) is 1.36. The summed E-state index contributed by atoms with van der Waals surface area (Å²) in [7, 11) is 1.51. The van der Waals surface area contributed by atoms with Gasteiger partial charge in [0, 0.05) is 49.0 Å². The first-order valence-corrected chi connectivity index (χ1v) is 10.5. The van der Waals surface area contributed by atoms with Gasteiger partial charge in [-0.25, -0.2) is 9.37 Å². The van der Waals surface area contributed by atoms with E-state index in [1.807, 2.05) is 17.9 Å². The van der Waals surface area contributed by atoms with Gasteiger partial charge in [-0.2, -0.15) is 5.26 Å². The zero-order chi connectivity index (χ0) is 22.0. The molecule has 2 aliphatic rings. The van der Waals surface area contributed by atoms with Crippen molar-refractivity contribution in [3.8, 4) is 11.8 Å². The fraction of sp³-hybridized carbons (Fsp3) is 0.435. The van der Waals surface area contributed by atoms with E-state index in [4.69, 9.17) is 10.00 Å². The molecular formula is C23H26FN5O2. The predicted octanol–water partition coefficient (Wildman–Crippen LogP) is 2.63. The third-order valence-electron chi connectivity index (χ3n) is 6.20. The van der Waals surface area contributed by atoms with E-state index in [2.05, 4.69) is 21.3 Å². The molecule has 2 saturated heterocycles. The quantitative estimate of drug-likeness (QED) is 0.769. The second kappa shape index (κ2) is 8.90. The molecule has 0 saturated carbocycles. The number of fused-ring (bicyclic) bond motifs is 2. The van der Waals surface area contributed by atoms with E-state index < -0.39 is 0 Å². The molecule has 3 atom stereocenters. The lowest BCUT2D eigenvalue weighted by Crippen LogP contribution is -2.57. The summed E-state index contributed by atoms with van der Waals surface area (Å²) in [4.78, 5) is 21.6. The molecule has 2 aliphatic heterocycles. The van der Waals surface area contributed by atoms with E-state index in [1.165, 1.54) is 19.2 Å². The molecule has 7 nitrogen and oxygen atoms in total. The molecule has 0 spiro atoms. The van der Waals surface area contributed by atoms with Crippen molar-refractivity contribution in [1.82, 2.24) is 15.2 Å². The molecule has 2 aromatic rings. The fourth-order valence-electron chi connectivity index (χ4n) is 4.59. The summed E-state index contributed by atoms with van der Waals surface area (Å²) in [6.45, 7) is 3.46. The van der Waals surface area contributed by atoms with Gasteiger partial charge in [-0.1, -0.05) is 6.07 Å². The molecule has 1 N–H and O–H groups in total. The van der Waals surface area contributed by atoms with E-state index in [1.54, 1.807) is 18.3 Å². The predicted molar refractivity (Wildman–Crippen MR) is 114 cm³/mol. The number of likely N-dealkylation sites (tertiary alicyclic amines) is 1. The van der Waals surface area contributed by atoms with E-state index in [9.17, 15) is 9.18 Å². The van der Waals surface area contributed by atoms with Crippen LogP contribution >= 0.6 is 0 Å². The van der Waals surface area contributed by atoms with E-state index in [0.29, 0.717) is 24.4 Å². The van der Waals surface area contributed by atoms with Crippen LogP contribution in [0.15, 0.2) is 36.5 Å². The Labute approximate surface area is 181 Å². The van der Waals surface area contributed by atoms with Gasteiger partial charge < -0.3 is 19.9 Å². The lowest BCUT2D eigenvalue weighted by atomic mass is 10.1. The number of nitriles is 1. The molecule has 4 rings (SSSR count). The minimum Gasteiger partial charge on any atom is -0.496 e. The molecule has 162 valence electrons. The topological polar surface area (TPSA) is 81.5 Å². The third kappa shape index (κ3) is 4.32. The Morgan fingerprint density at radius 1 is 1.32 bits per heavy atom. The summed E-state index contributed by atoms with van der Waals surface area (Å²) in [5.74, 6) is 1.04. The highest BCUT2D eigenvalue weighted by atomic mass is 19.1. The van der Waals surface area contributed by atoms with Crippen molar-refractivity contribution in [2.45, 2.75) is 37.9 Å². The molecule has 2 bridgehead atoms. The average molecular weight is 423 g/mol. The number of carbonyl (C=O) groups is 1. The maximum absolute atomic E-state index is 13.4. The van der Waals surface area contributed by atoms with Gasteiger partial charge in [-0.3, -0.25) is 4.79 Å². The standard InChI is InChI=1S/C23H26FN5O2/c1-15(20-7-4-17(24)9-21(20)31-2)26-12-23(30)28-13-18-5-6-19(14-28)29(18)22-8-3-16(10-25)11-27-22/h3-4,7-9,11,15,18-19,26H,5-6,12-14H2,1-2H3. The number of halogens is 1. The average Bonchev–Trinajstić information content (AvgIpc) is 3.05. The van der Waals surface area contributed by atoms with Gasteiger partial charge in [0.05, 0.1) is 19.2 Å². The summed E-state index contributed by atoms with van der Waals surface area (Å²) in [6.07, 6.45) is 3.64. The van der Waals surface area contributed by atoms with Crippen LogP contribution in [0.5, 0.6) is 5.75 Å². The van der Waals surface area contributed by atoms with Crippen LogP contribution in [0.3, 0.4) is 0 Å². The second-order valence-corrected chi connectivity index (χ2v) is 8.10. The smallest absolute Gasteiger partial charge is 0.236 e. The molecule has 1 aromatic heterocycles. The van der Waals surface area contributed by atoms with Crippen molar-refractivity contribution < 1.29 is 13.9 Å². The van der Waals surface area contributed by atoms with Crippen molar-refractivity contribution in [3.63, 3.8) is 0 Å². The number of hydrogen-bond acceptors (Lipinski definition) is 6. The second-order valence-electron chi connectivity index (χ2n) is 8.10. The van der Waals surface area contributed by atoms with Crippen LogP contribution in [0, 0.1) is 17.1 Å². The Hall–Kier alpha value is -3.18. The number of benzene rings is 1. The zero-order valence-electron chi connectivity index (χ0n) is 17.7. The van der Waals surface area contributed by atoms with Gasteiger partial charge in [-0.05, 0) is 38.0 Å². The molecule has 31 heavy (non-hydrogen) atoms. The van der Waals surface area contributed by atoms with E-state index in [-0.39, 0.29) is 36.4 Å². The maximum atomic E-state index is 13.4. The first-order chi connectivity index (χ1) is 15.0. The van der Waals surface area contributed by atoms with Crippen molar-refractivity contribution >= 4 is 11.7 Å². The number of anilines is 1. The molecule has 1 amide bonds. The minimum atomic E-state index is -0.353. The normalized spacial score (nSPS) is 21.0. The molecule has 0 aliphatic carbocycles. The van der Waals surface area contributed by atoms with Crippen molar-refractivity contribution in [2.24, 2.45) is 0 Å². The van der Waals surface area contributed by atoms with Gasteiger partial charge in [0.1, 0.15) is 23.5 Å². The van der Waals surface area contributed by atoms with Crippen molar-refractivity contribution in [1.29, 1.82) is 5.26 Å². The Morgan fingerprint density at radius 2 is 2.06 bits per heavy atom. The number of piperazine rings is 1. The summed E-state index contributed by atoms with van der Waals surface area (Å²) in [5, 5.41) is 12.2. The number of methoxy groups -OCH3 is 1. The van der Waals surface area contributed by atoms with Gasteiger partial charge in [0.25, 0.3) is 0 Å². The number of hydrogen-bond donors (Lipinski definition) is 1. The lowest BCUT2D eigenvalue weighted by molar-refractivity contribution is -0.131. The fourth-order valence-corrected chi connectivity index (χ4v) is 4.59. The SMILES string of the molecule is COc1cc(F)ccc1C(C)NCC(=O)N1CC2CCC(C1)N2c1ccc(C#N)cn1. The van der Waals surface area contributed by atoms with Crippen molar-refractivity contribution in [2.75, 3.05) is 31.6 Å². The molecule has 8 heteroatoms. The van der Waals surface area contributed by atoms with Gasteiger partial charge in [0.15, 0.2) is 0 Å². The van der Waals surface area contributed by atoms with Gasteiger partial charge in [0.2, 0.25) is 5.91 Å². The number of rotatable bonds is 6. The molecule has 2 fully saturated rings. The van der Waals surface area contributed by atoms with Crippen LogP contribution < -0.4 is 15.0 Å². The van der Waals surface area contributed by atoms with Crippen molar-refractivity contribution in [3.05, 3.63) is 53.5 Å². The first-order valence-electron chi connectivity index (χ1n) is 10.5. The van der Waals surface area contributed by atoms with E-state index >= 15 is 0 Å². The minimum absolute atomic E-state index is 0.0530. The molecule has 3 unspecified atom stereocenters. The maximum Gasteiger partial charge on any atom is 0.236 e. The molecular weight excluding hydrogens is 397 g/mol. The Kier molecular flexibility index (Phi) is 6.05. The van der Waals surface area contributed by atoms with Crippen LogP contribution in [-0.4, -0.2) is 54.6 Å². The lowest BCUT2D eigenvalue weighted by Gasteiger charge is -2.42. The number of carbonyl (C=O) groups excluding carboxylic acids is 1. The Bertz CT molecular complexity index is 976. The number of aromatic nitrogens is 1. The first kappa shape index (κ1) is 21.1. The highest BCUT2D eigenvalue weighted by molar-refractivity contribution is 5.79. The highest BCUT2D eigenvalue weighted by Crippen LogP contribution is 2.34. The molecule has 0 radical (unpaired) electrons. The summed E-state index contributed by atoms with van der Waals surface area (Å²) in [6, 6.07) is 10.5. The number of nitrogens with zero attached hydrogens (tertiary/aromatic N) is 4. The van der Waals surface area contributed by atoms with Gasteiger partial charge in [-0.15, -0.1) is 0 Å². The van der Waals surface area contributed by atoms with E-state index in [0.717, 1.165) is 24.2 Å². The van der Waals surface area contributed by atoms with Crippen LogP contribution in [0.2, 0.25) is 0 Å². The highest BCUT2D eigenvalue weighted by Gasteiger charge is 2.41. The van der Waals surface area contributed by atoms with Crippen LogP contribution in [-0.2, 0) is 4.79 Å². The number of nitrogens with one attached hydrogen (secondary N) is 1. The molecule has 1 aromatic carbocycles.